The zero-order valence-electron chi connectivity index (χ0n) is 40.7. The molecule has 0 amide bonds. The summed E-state index contributed by atoms with van der Waals surface area (Å²) >= 11 is 0. The predicted octanol–water partition coefficient (Wildman–Crippen LogP) is 16.1. The van der Waals surface area contributed by atoms with E-state index in [0.29, 0.717) is 0 Å². The molecule has 2 aliphatic rings. The maximum atomic E-state index is 2.75. The molecule has 11 rings (SSSR count). The first-order valence-corrected chi connectivity index (χ1v) is 24.1. The lowest BCUT2D eigenvalue weighted by Crippen LogP contribution is -2.57. The van der Waals surface area contributed by atoms with Gasteiger partial charge in [-0.15, -0.1) is 0 Å². The summed E-state index contributed by atoms with van der Waals surface area (Å²) in [5.74, 6) is 0. The summed E-state index contributed by atoms with van der Waals surface area (Å²) in [4.78, 5) is 4.99. The standard InChI is InChI=1S/C63H60BN3/c1-41-22-20-21-29-50(41)57-53-38-44(62(5,6)7)37-52-51-36-45(63(8,9)10)39-56-58(51)64(67(60(52)53)59(57)42-23-14-11-15-24-42)54-35-34-49(65(46-25-16-12-17-26-46)47-27-18-13-19-28-47)40-55(54)66(56)48-32-30-43(31-33-48)61(2,3)4/h11-40H,1-10H3. The highest BCUT2D eigenvalue weighted by Gasteiger charge is 2.45. The third-order valence-corrected chi connectivity index (χ3v) is 14.3. The number of aryl methyl sites for hydroxylation is 1. The van der Waals surface area contributed by atoms with E-state index in [4.69, 9.17) is 0 Å². The van der Waals surface area contributed by atoms with Crippen LogP contribution in [0, 0.1) is 6.92 Å². The van der Waals surface area contributed by atoms with Crippen LogP contribution in [-0.4, -0.2) is 11.3 Å². The molecule has 0 radical (unpaired) electrons. The molecule has 0 saturated carbocycles. The minimum absolute atomic E-state index is 0.0186. The predicted molar refractivity (Wildman–Crippen MR) is 289 cm³/mol. The van der Waals surface area contributed by atoms with E-state index in [-0.39, 0.29) is 23.1 Å². The number of hydrogen-bond donors (Lipinski definition) is 0. The Bertz CT molecular complexity index is 3300. The summed E-state index contributed by atoms with van der Waals surface area (Å²) in [6.45, 7) is 23.2. The van der Waals surface area contributed by atoms with Crippen molar-refractivity contribution in [3.8, 4) is 33.5 Å². The zero-order valence-corrected chi connectivity index (χ0v) is 40.7. The molecule has 0 spiro atoms. The minimum Gasteiger partial charge on any atom is -0.375 e. The van der Waals surface area contributed by atoms with Crippen LogP contribution in [0.3, 0.4) is 0 Å². The van der Waals surface area contributed by atoms with Crippen LogP contribution in [0.5, 0.6) is 0 Å². The number of nitrogens with zero attached hydrogens (tertiary/aromatic N) is 3. The van der Waals surface area contributed by atoms with E-state index >= 15 is 0 Å². The second-order valence-electron chi connectivity index (χ2n) is 21.9. The number of fused-ring (bicyclic) bond motifs is 4. The van der Waals surface area contributed by atoms with E-state index in [1.54, 1.807) is 0 Å². The summed E-state index contributed by atoms with van der Waals surface area (Å²) in [5.41, 5.74) is 23.6. The minimum atomic E-state index is -0.126. The summed E-state index contributed by atoms with van der Waals surface area (Å²) in [7, 11) is 0. The number of hydrogen-bond acceptors (Lipinski definition) is 2. The Hall–Kier alpha value is -7.04. The quantitative estimate of drug-likeness (QED) is 0.154. The maximum Gasteiger partial charge on any atom is 0.333 e. The van der Waals surface area contributed by atoms with Gasteiger partial charge in [0.05, 0.1) is 0 Å². The van der Waals surface area contributed by atoms with Gasteiger partial charge in [0.25, 0.3) is 0 Å². The Morgan fingerprint density at radius 3 is 1.60 bits per heavy atom. The molecule has 4 heteroatoms. The SMILES string of the molecule is Cc1ccccc1-c1c(-c2ccccc2)n2c3c(cc(C(C)(C)C)cc13)-c1cc(C(C)(C)C)cc3c1B2c1ccc(N(c2ccccc2)c2ccccc2)cc1N3c1ccc(C(C)(C)C)cc1. The average molecular weight is 870 g/mol. The Labute approximate surface area is 398 Å². The lowest BCUT2D eigenvalue weighted by molar-refractivity contribution is 0.589. The van der Waals surface area contributed by atoms with E-state index in [9.17, 15) is 0 Å². The fourth-order valence-electron chi connectivity index (χ4n) is 10.8. The molecule has 0 fully saturated rings. The lowest BCUT2D eigenvalue weighted by Gasteiger charge is -2.42. The number of anilines is 6. The van der Waals surface area contributed by atoms with Crippen molar-refractivity contribution in [1.82, 2.24) is 4.48 Å². The van der Waals surface area contributed by atoms with Crippen molar-refractivity contribution in [3.05, 3.63) is 204 Å². The zero-order chi connectivity index (χ0) is 46.6. The van der Waals surface area contributed by atoms with Crippen LogP contribution in [0.1, 0.15) is 84.6 Å². The van der Waals surface area contributed by atoms with Crippen LogP contribution < -0.4 is 20.7 Å². The molecule has 0 bridgehead atoms. The molecule has 3 nitrogen and oxygen atoms in total. The Morgan fingerprint density at radius 2 is 1.00 bits per heavy atom. The molecule has 9 aromatic rings. The van der Waals surface area contributed by atoms with Crippen LogP contribution in [0.25, 0.3) is 44.4 Å². The molecule has 8 aromatic carbocycles. The third kappa shape index (κ3) is 7.03. The molecule has 0 atom stereocenters. The normalized spacial score (nSPS) is 13.2. The molecule has 3 heterocycles. The van der Waals surface area contributed by atoms with Gasteiger partial charge in [-0.2, -0.15) is 0 Å². The van der Waals surface area contributed by atoms with Crippen LogP contribution >= 0.6 is 0 Å². The Morgan fingerprint density at radius 1 is 0.448 bits per heavy atom. The molecular weight excluding hydrogens is 810 g/mol. The van der Waals surface area contributed by atoms with E-state index in [2.05, 4.69) is 266 Å². The summed E-state index contributed by atoms with van der Waals surface area (Å²) in [5, 5.41) is 1.31. The first-order valence-electron chi connectivity index (χ1n) is 24.1. The third-order valence-electron chi connectivity index (χ3n) is 14.3. The van der Waals surface area contributed by atoms with Crippen molar-refractivity contribution in [2.45, 2.75) is 85.5 Å². The van der Waals surface area contributed by atoms with Crippen LogP contribution in [-0.2, 0) is 16.2 Å². The van der Waals surface area contributed by atoms with Gasteiger partial charge in [0.15, 0.2) is 0 Å². The first kappa shape index (κ1) is 42.6. The number of para-hydroxylation sites is 2. The molecule has 0 saturated heterocycles. The van der Waals surface area contributed by atoms with E-state index < -0.39 is 0 Å². The van der Waals surface area contributed by atoms with Gasteiger partial charge in [-0.25, -0.2) is 0 Å². The van der Waals surface area contributed by atoms with Gasteiger partial charge < -0.3 is 14.3 Å². The highest BCUT2D eigenvalue weighted by atomic mass is 15.2. The topological polar surface area (TPSA) is 11.4 Å². The molecule has 330 valence electrons. The summed E-state index contributed by atoms with van der Waals surface area (Å²) < 4.78 is 2.75. The monoisotopic (exact) mass is 869 g/mol. The molecule has 2 aliphatic heterocycles. The largest absolute Gasteiger partial charge is 0.375 e. The first-order chi connectivity index (χ1) is 32.1. The molecular formula is C63H60BN3. The second kappa shape index (κ2) is 15.5. The van der Waals surface area contributed by atoms with Gasteiger partial charge in [0.2, 0.25) is 0 Å². The summed E-state index contributed by atoms with van der Waals surface area (Å²) in [6.07, 6.45) is 0. The van der Waals surface area contributed by atoms with Crippen LogP contribution in [0.15, 0.2) is 182 Å². The van der Waals surface area contributed by atoms with Crippen molar-refractivity contribution in [2.75, 3.05) is 9.80 Å². The van der Waals surface area contributed by atoms with E-state index in [1.165, 1.54) is 89.0 Å². The van der Waals surface area contributed by atoms with Gasteiger partial charge in [-0.1, -0.05) is 178 Å². The Balaban J connectivity index is 1.32. The van der Waals surface area contributed by atoms with Crippen molar-refractivity contribution >= 4 is 62.8 Å². The van der Waals surface area contributed by atoms with E-state index in [0.717, 1.165) is 22.7 Å². The second-order valence-corrected chi connectivity index (χ2v) is 21.9. The van der Waals surface area contributed by atoms with E-state index in [1.807, 2.05) is 0 Å². The van der Waals surface area contributed by atoms with Crippen molar-refractivity contribution in [1.29, 1.82) is 0 Å². The molecule has 0 unspecified atom stereocenters. The van der Waals surface area contributed by atoms with Crippen molar-refractivity contribution in [3.63, 3.8) is 0 Å². The Kier molecular flexibility index (Phi) is 9.87. The van der Waals surface area contributed by atoms with Crippen LogP contribution in [0.2, 0.25) is 0 Å². The van der Waals surface area contributed by atoms with Crippen molar-refractivity contribution in [2.24, 2.45) is 0 Å². The average Bonchev–Trinajstić information content (AvgIpc) is 3.65. The van der Waals surface area contributed by atoms with Crippen molar-refractivity contribution < 1.29 is 0 Å². The molecule has 0 N–H and O–H groups in total. The van der Waals surface area contributed by atoms with Gasteiger partial charge in [0, 0.05) is 61.8 Å². The van der Waals surface area contributed by atoms with Gasteiger partial charge in [0.1, 0.15) is 0 Å². The lowest BCUT2D eigenvalue weighted by atomic mass is 9.44. The molecule has 0 aliphatic carbocycles. The molecule has 1 aromatic heterocycles. The van der Waals surface area contributed by atoms with Gasteiger partial charge in [-0.05, 0) is 140 Å². The highest BCUT2D eigenvalue weighted by molar-refractivity contribution is 6.90. The number of aromatic nitrogens is 1. The highest BCUT2D eigenvalue weighted by Crippen LogP contribution is 2.52. The fourth-order valence-corrected chi connectivity index (χ4v) is 10.8. The fraction of sp³-hybridized carbons (Fsp3) is 0.206. The van der Waals surface area contributed by atoms with Crippen LogP contribution in [0.4, 0.5) is 34.1 Å². The molecule has 67 heavy (non-hydrogen) atoms. The van der Waals surface area contributed by atoms with Gasteiger partial charge >= 0.3 is 6.85 Å². The smallest absolute Gasteiger partial charge is 0.333 e. The van der Waals surface area contributed by atoms with Gasteiger partial charge in [-0.3, -0.25) is 0 Å². The number of benzene rings is 8. The maximum absolute atomic E-state index is 2.75. The number of rotatable bonds is 6. The summed E-state index contributed by atoms with van der Waals surface area (Å²) in [6, 6.07) is 68.6.